The molecule has 2 aromatic heterocycles. The number of aromatic carboxylic acids is 1. The molecule has 0 fully saturated rings. The lowest BCUT2D eigenvalue weighted by Crippen LogP contribution is -2.00. The molecule has 5 nitrogen and oxygen atoms in total. The lowest BCUT2D eigenvalue weighted by atomic mass is 10.3. The second kappa shape index (κ2) is 2.70. The summed E-state index contributed by atoms with van der Waals surface area (Å²) in [4.78, 5) is 20.9. The number of hydrogen-bond donors (Lipinski definition) is 2. The van der Waals surface area contributed by atoms with Gasteiger partial charge in [0, 0.05) is 0 Å². The maximum Gasteiger partial charge on any atom is 0.354 e. The van der Waals surface area contributed by atoms with Gasteiger partial charge >= 0.3 is 5.97 Å². The summed E-state index contributed by atoms with van der Waals surface area (Å²) in [5, 5.41) is 8.74. The summed E-state index contributed by atoms with van der Waals surface area (Å²) in [6, 6.07) is 1.39. The molecule has 0 spiro atoms. The molecular formula is C7H4ClN3O2. The standard InChI is InChI=1S/C7H4ClN3O2/c8-6-5-3(9-2-10-5)1-4(11-6)7(12)13/h1-2H,(H,9,10)(H,12,13). The van der Waals surface area contributed by atoms with Crippen molar-refractivity contribution in [2.45, 2.75) is 0 Å². The molecule has 0 aliphatic heterocycles. The van der Waals surface area contributed by atoms with Crippen molar-refractivity contribution in [3.05, 3.63) is 23.2 Å². The Morgan fingerprint density at radius 1 is 1.62 bits per heavy atom. The van der Waals surface area contributed by atoms with Crippen LogP contribution in [0.3, 0.4) is 0 Å². The summed E-state index contributed by atoms with van der Waals surface area (Å²) in [5.74, 6) is -1.11. The SMILES string of the molecule is O=C(O)c1cc2[nH]cnc2c(Cl)n1. The largest absolute Gasteiger partial charge is 0.477 e. The summed E-state index contributed by atoms with van der Waals surface area (Å²) < 4.78 is 0. The maximum atomic E-state index is 10.6. The van der Waals surface area contributed by atoms with E-state index in [0.717, 1.165) is 0 Å². The molecule has 0 saturated heterocycles. The van der Waals surface area contributed by atoms with Crippen LogP contribution in [0.2, 0.25) is 5.15 Å². The first kappa shape index (κ1) is 8.00. The number of carbonyl (C=O) groups is 1. The zero-order valence-corrected chi connectivity index (χ0v) is 7.04. The molecule has 0 atom stereocenters. The predicted molar refractivity (Wildman–Crippen MR) is 45.9 cm³/mol. The molecule has 0 radical (unpaired) electrons. The van der Waals surface area contributed by atoms with Crippen LogP contribution in [0.25, 0.3) is 11.0 Å². The van der Waals surface area contributed by atoms with Crippen molar-refractivity contribution >= 4 is 28.6 Å². The number of aromatic amines is 1. The van der Waals surface area contributed by atoms with Crippen molar-refractivity contribution in [1.82, 2.24) is 15.0 Å². The fourth-order valence-electron chi connectivity index (χ4n) is 1.02. The second-order valence-corrected chi connectivity index (χ2v) is 2.76. The Labute approximate surface area is 77.4 Å². The van der Waals surface area contributed by atoms with Gasteiger partial charge in [-0.05, 0) is 6.07 Å². The number of H-pyrrole nitrogens is 1. The summed E-state index contributed by atoms with van der Waals surface area (Å²) in [6.45, 7) is 0. The smallest absolute Gasteiger partial charge is 0.354 e. The van der Waals surface area contributed by atoms with E-state index < -0.39 is 5.97 Å². The summed E-state index contributed by atoms with van der Waals surface area (Å²) in [6.07, 6.45) is 1.43. The highest BCUT2D eigenvalue weighted by molar-refractivity contribution is 6.33. The van der Waals surface area contributed by atoms with E-state index in [0.29, 0.717) is 11.0 Å². The van der Waals surface area contributed by atoms with Crippen molar-refractivity contribution in [3.63, 3.8) is 0 Å². The Morgan fingerprint density at radius 3 is 3.08 bits per heavy atom. The number of fused-ring (bicyclic) bond motifs is 1. The van der Waals surface area contributed by atoms with Gasteiger partial charge < -0.3 is 10.1 Å². The van der Waals surface area contributed by atoms with E-state index in [1.807, 2.05) is 0 Å². The van der Waals surface area contributed by atoms with Crippen molar-refractivity contribution < 1.29 is 9.90 Å². The van der Waals surface area contributed by atoms with Gasteiger partial charge in [0.05, 0.1) is 11.8 Å². The normalized spacial score (nSPS) is 10.5. The van der Waals surface area contributed by atoms with Crippen LogP contribution in [0.4, 0.5) is 0 Å². The number of rotatable bonds is 1. The number of imidazole rings is 1. The minimum absolute atomic E-state index is 0.0937. The summed E-state index contributed by atoms with van der Waals surface area (Å²) >= 11 is 5.69. The molecule has 6 heteroatoms. The van der Waals surface area contributed by atoms with Gasteiger partial charge in [-0.3, -0.25) is 0 Å². The molecule has 0 bridgehead atoms. The lowest BCUT2D eigenvalue weighted by Gasteiger charge is -1.95. The fourth-order valence-corrected chi connectivity index (χ4v) is 1.26. The van der Waals surface area contributed by atoms with Gasteiger partial charge in [-0.1, -0.05) is 11.6 Å². The van der Waals surface area contributed by atoms with E-state index in [9.17, 15) is 4.79 Å². The van der Waals surface area contributed by atoms with Gasteiger partial charge in [-0.2, -0.15) is 0 Å². The zero-order valence-electron chi connectivity index (χ0n) is 6.28. The molecule has 0 aliphatic carbocycles. The molecule has 2 aromatic rings. The van der Waals surface area contributed by atoms with Gasteiger partial charge in [0.25, 0.3) is 0 Å². The van der Waals surface area contributed by atoms with Gasteiger partial charge in [0.2, 0.25) is 0 Å². The van der Waals surface area contributed by atoms with Gasteiger partial charge in [0.1, 0.15) is 5.52 Å². The van der Waals surface area contributed by atoms with Crippen molar-refractivity contribution in [2.24, 2.45) is 0 Å². The van der Waals surface area contributed by atoms with Crippen LogP contribution in [-0.2, 0) is 0 Å². The average molecular weight is 198 g/mol. The van der Waals surface area contributed by atoms with E-state index in [1.165, 1.54) is 12.4 Å². The zero-order chi connectivity index (χ0) is 9.42. The molecule has 0 amide bonds. The van der Waals surface area contributed by atoms with Gasteiger partial charge in [0.15, 0.2) is 10.8 Å². The third-order valence-corrected chi connectivity index (χ3v) is 1.85. The Kier molecular flexibility index (Phi) is 1.66. The number of carboxylic acids is 1. The third-order valence-electron chi connectivity index (χ3n) is 1.58. The highest BCUT2D eigenvalue weighted by Gasteiger charge is 2.10. The predicted octanol–water partition coefficient (Wildman–Crippen LogP) is 1.31. The molecule has 0 aromatic carbocycles. The van der Waals surface area contributed by atoms with E-state index in [-0.39, 0.29) is 10.8 Å². The molecule has 2 heterocycles. The average Bonchev–Trinajstić information content (AvgIpc) is 2.51. The molecule has 2 N–H and O–H groups in total. The van der Waals surface area contributed by atoms with Crippen LogP contribution in [0, 0.1) is 0 Å². The number of hydrogen-bond acceptors (Lipinski definition) is 3. The monoisotopic (exact) mass is 197 g/mol. The molecular weight excluding hydrogens is 194 g/mol. The molecule has 66 valence electrons. The van der Waals surface area contributed by atoms with Crippen molar-refractivity contribution in [1.29, 1.82) is 0 Å². The number of aromatic nitrogens is 3. The Morgan fingerprint density at radius 2 is 2.38 bits per heavy atom. The molecule has 2 rings (SSSR count). The maximum absolute atomic E-state index is 10.6. The lowest BCUT2D eigenvalue weighted by molar-refractivity contribution is 0.0690. The minimum atomic E-state index is -1.11. The number of pyridine rings is 1. The Balaban J connectivity index is 2.77. The van der Waals surface area contributed by atoms with Crippen LogP contribution in [-0.4, -0.2) is 26.0 Å². The van der Waals surface area contributed by atoms with Crippen molar-refractivity contribution in [2.75, 3.05) is 0 Å². The Hall–Kier alpha value is -1.62. The van der Waals surface area contributed by atoms with Crippen LogP contribution < -0.4 is 0 Å². The van der Waals surface area contributed by atoms with Crippen LogP contribution in [0.15, 0.2) is 12.4 Å². The fraction of sp³-hybridized carbons (Fsp3) is 0. The molecule has 0 unspecified atom stereocenters. The van der Waals surface area contributed by atoms with Crippen LogP contribution in [0.1, 0.15) is 10.5 Å². The van der Waals surface area contributed by atoms with Crippen LogP contribution >= 0.6 is 11.6 Å². The van der Waals surface area contributed by atoms with Crippen molar-refractivity contribution in [3.8, 4) is 0 Å². The van der Waals surface area contributed by atoms with Gasteiger partial charge in [-0.15, -0.1) is 0 Å². The van der Waals surface area contributed by atoms with E-state index in [1.54, 1.807) is 0 Å². The van der Waals surface area contributed by atoms with Gasteiger partial charge in [-0.25, -0.2) is 14.8 Å². The summed E-state index contributed by atoms with van der Waals surface area (Å²) in [5.41, 5.74) is 0.950. The first-order valence-electron chi connectivity index (χ1n) is 3.41. The summed E-state index contributed by atoms with van der Waals surface area (Å²) in [7, 11) is 0. The highest BCUT2D eigenvalue weighted by Crippen LogP contribution is 2.18. The topological polar surface area (TPSA) is 78.9 Å². The van der Waals surface area contributed by atoms with Crippen LogP contribution in [0.5, 0.6) is 0 Å². The second-order valence-electron chi connectivity index (χ2n) is 2.40. The Bertz CT molecular complexity index is 480. The first-order valence-corrected chi connectivity index (χ1v) is 3.79. The molecule has 0 saturated carbocycles. The number of carboxylic acid groups (broad SMARTS) is 1. The molecule has 13 heavy (non-hydrogen) atoms. The highest BCUT2D eigenvalue weighted by atomic mass is 35.5. The first-order chi connectivity index (χ1) is 6.18. The van der Waals surface area contributed by atoms with E-state index in [4.69, 9.17) is 16.7 Å². The number of halogens is 1. The van der Waals surface area contributed by atoms with E-state index in [2.05, 4.69) is 15.0 Å². The third kappa shape index (κ3) is 1.23. The van der Waals surface area contributed by atoms with E-state index >= 15 is 0 Å². The number of nitrogens with zero attached hydrogens (tertiary/aromatic N) is 2. The quantitative estimate of drug-likeness (QED) is 0.676. The minimum Gasteiger partial charge on any atom is -0.477 e. The number of nitrogens with one attached hydrogen (secondary N) is 1. The molecule has 0 aliphatic rings.